The summed E-state index contributed by atoms with van der Waals surface area (Å²) in [5.41, 5.74) is 0. The van der Waals surface area contributed by atoms with Gasteiger partial charge in [-0.05, 0) is 26.3 Å². The molecule has 0 radical (unpaired) electrons. The van der Waals surface area contributed by atoms with Gasteiger partial charge in [-0.3, -0.25) is 4.79 Å². The van der Waals surface area contributed by atoms with E-state index in [0.29, 0.717) is 6.54 Å². The van der Waals surface area contributed by atoms with E-state index in [-0.39, 0.29) is 11.9 Å². The minimum Gasteiger partial charge on any atom is -0.336 e. The van der Waals surface area contributed by atoms with Crippen molar-refractivity contribution in [2.45, 2.75) is 39.3 Å². The SMILES string of the molecule is CCNC1CCCN(Cc2cnc(C)s2)C1=O. The average molecular weight is 253 g/mol. The monoisotopic (exact) mass is 253 g/mol. The lowest BCUT2D eigenvalue weighted by atomic mass is 10.0. The summed E-state index contributed by atoms with van der Waals surface area (Å²) in [6.45, 7) is 6.47. The molecule has 2 heterocycles. The van der Waals surface area contributed by atoms with Crippen LogP contribution in [0.1, 0.15) is 29.7 Å². The summed E-state index contributed by atoms with van der Waals surface area (Å²) in [7, 11) is 0. The smallest absolute Gasteiger partial charge is 0.240 e. The summed E-state index contributed by atoms with van der Waals surface area (Å²) in [5.74, 6) is 0.240. The highest BCUT2D eigenvalue weighted by Gasteiger charge is 2.27. The summed E-state index contributed by atoms with van der Waals surface area (Å²) < 4.78 is 0. The van der Waals surface area contributed by atoms with E-state index in [1.54, 1.807) is 11.3 Å². The van der Waals surface area contributed by atoms with E-state index < -0.39 is 0 Å². The Morgan fingerprint density at radius 3 is 3.12 bits per heavy atom. The first-order valence-electron chi connectivity index (χ1n) is 6.14. The first-order valence-corrected chi connectivity index (χ1v) is 6.96. The number of hydrogen-bond donors (Lipinski definition) is 1. The van der Waals surface area contributed by atoms with Gasteiger partial charge in [-0.15, -0.1) is 11.3 Å². The predicted molar refractivity (Wildman–Crippen MR) is 69.0 cm³/mol. The zero-order valence-electron chi connectivity index (χ0n) is 10.4. The molecule has 0 aliphatic carbocycles. The number of aryl methyl sites for hydroxylation is 1. The second kappa shape index (κ2) is 5.60. The lowest BCUT2D eigenvalue weighted by Gasteiger charge is -2.32. The molecule has 1 aliphatic heterocycles. The maximum Gasteiger partial charge on any atom is 0.240 e. The number of aromatic nitrogens is 1. The van der Waals surface area contributed by atoms with Crippen LogP contribution in [-0.2, 0) is 11.3 Å². The van der Waals surface area contributed by atoms with Gasteiger partial charge in [0.2, 0.25) is 5.91 Å². The quantitative estimate of drug-likeness (QED) is 0.885. The van der Waals surface area contributed by atoms with Crippen molar-refractivity contribution in [2.75, 3.05) is 13.1 Å². The van der Waals surface area contributed by atoms with E-state index in [9.17, 15) is 4.79 Å². The van der Waals surface area contributed by atoms with Gasteiger partial charge in [0, 0.05) is 17.6 Å². The van der Waals surface area contributed by atoms with Crippen LogP contribution in [0.3, 0.4) is 0 Å². The molecule has 0 aromatic carbocycles. The first-order chi connectivity index (χ1) is 8.20. The minimum atomic E-state index is 0.0165. The summed E-state index contributed by atoms with van der Waals surface area (Å²) in [4.78, 5) is 19.5. The molecule has 1 aromatic heterocycles. The standard InChI is InChI=1S/C12H19N3OS/c1-3-13-11-5-4-6-15(12(11)16)8-10-7-14-9(2)17-10/h7,11,13H,3-6,8H2,1-2H3. The molecule has 1 atom stereocenters. The molecule has 0 bridgehead atoms. The molecule has 1 amide bonds. The third-order valence-corrected chi connectivity index (χ3v) is 3.89. The van der Waals surface area contributed by atoms with Gasteiger partial charge in [0.15, 0.2) is 0 Å². The fraction of sp³-hybridized carbons (Fsp3) is 0.667. The van der Waals surface area contributed by atoms with Gasteiger partial charge < -0.3 is 10.2 Å². The van der Waals surface area contributed by atoms with Gasteiger partial charge in [-0.2, -0.15) is 0 Å². The highest BCUT2D eigenvalue weighted by atomic mass is 32.1. The number of hydrogen-bond acceptors (Lipinski definition) is 4. The molecule has 1 aromatic rings. The molecule has 0 spiro atoms. The Hall–Kier alpha value is -0.940. The van der Waals surface area contributed by atoms with E-state index in [2.05, 4.69) is 10.3 Å². The molecule has 1 saturated heterocycles. The fourth-order valence-corrected chi connectivity index (χ4v) is 3.01. The molecule has 94 valence electrons. The molecule has 1 aliphatic rings. The van der Waals surface area contributed by atoms with Crippen LogP contribution in [0.4, 0.5) is 0 Å². The molecular weight excluding hydrogens is 234 g/mol. The summed E-state index contributed by atoms with van der Waals surface area (Å²) in [6.07, 6.45) is 3.93. The number of carbonyl (C=O) groups excluding carboxylic acids is 1. The van der Waals surface area contributed by atoms with Crippen LogP contribution in [0, 0.1) is 6.92 Å². The number of likely N-dealkylation sites (N-methyl/N-ethyl adjacent to an activating group) is 1. The van der Waals surface area contributed by atoms with Crippen LogP contribution in [-0.4, -0.2) is 34.9 Å². The van der Waals surface area contributed by atoms with E-state index in [0.717, 1.165) is 30.9 Å². The zero-order valence-corrected chi connectivity index (χ0v) is 11.2. The molecule has 0 saturated carbocycles. The van der Waals surface area contributed by atoms with Gasteiger partial charge in [-0.25, -0.2) is 4.98 Å². The molecule has 1 unspecified atom stereocenters. The van der Waals surface area contributed by atoms with Crippen molar-refractivity contribution in [1.29, 1.82) is 0 Å². The Morgan fingerprint density at radius 2 is 2.47 bits per heavy atom. The Balaban J connectivity index is 1.98. The van der Waals surface area contributed by atoms with E-state index in [4.69, 9.17) is 0 Å². The summed E-state index contributed by atoms with van der Waals surface area (Å²) in [6, 6.07) is 0.0165. The first kappa shape index (κ1) is 12.5. The Bertz CT molecular complexity index is 389. The van der Waals surface area contributed by atoms with Gasteiger partial charge in [0.05, 0.1) is 17.6 Å². The number of likely N-dealkylation sites (tertiary alicyclic amines) is 1. The van der Waals surface area contributed by atoms with Crippen molar-refractivity contribution in [3.63, 3.8) is 0 Å². The van der Waals surface area contributed by atoms with Crippen molar-refractivity contribution < 1.29 is 4.79 Å². The van der Waals surface area contributed by atoms with Gasteiger partial charge >= 0.3 is 0 Å². The molecule has 4 nitrogen and oxygen atoms in total. The third-order valence-electron chi connectivity index (χ3n) is 3.00. The Morgan fingerprint density at radius 1 is 1.65 bits per heavy atom. The Kier molecular flexibility index (Phi) is 4.12. The van der Waals surface area contributed by atoms with Crippen LogP contribution < -0.4 is 5.32 Å². The van der Waals surface area contributed by atoms with Gasteiger partial charge in [0.1, 0.15) is 0 Å². The zero-order chi connectivity index (χ0) is 12.3. The molecule has 2 rings (SSSR count). The average Bonchev–Trinajstić information content (AvgIpc) is 2.70. The van der Waals surface area contributed by atoms with Crippen molar-refractivity contribution in [3.05, 3.63) is 16.1 Å². The fourth-order valence-electron chi connectivity index (χ4n) is 2.20. The summed E-state index contributed by atoms with van der Waals surface area (Å²) >= 11 is 1.67. The van der Waals surface area contributed by atoms with Crippen molar-refractivity contribution in [3.8, 4) is 0 Å². The minimum absolute atomic E-state index is 0.0165. The number of rotatable bonds is 4. The molecule has 5 heteroatoms. The third kappa shape index (κ3) is 3.04. The maximum atomic E-state index is 12.2. The van der Waals surface area contributed by atoms with Crippen molar-refractivity contribution in [1.82, 2.24) is 15.2 Å². The van der Waals surface area contributed by atoms with Crippen molar-refractivity contribution >= 4 is 17.2 Å². The Labute approximate surface area is 106 Å². The molecule has 17 heavy (non-hydrogen) atoms. The van der Waals surface area contributed by atoms with E-state index in [1.807, 2.05) is 24.9 Å². The topological polar surface area (TPSA) is 45.2 Å². The largest absolute Gasteiger partial charge is 0.336 e. The molecular formula is C12H19N3OS. The molecule has 1 N–H and O–H groups in total. The highest BCUT2D eigenvalue weighted by Crippen LogP contribution is 2.18. The number of nitrogens with zero attached hydrogens (tertiary/aromatic N) is 2. The van der Waals surface area contributed by atoms with Gasteiger partial charge in [0.25, 0.3) is 0 Å². The lowest BCUT2D eigenvalue weighted by molar-refractivity contribution is -0.136. The van der Waals surface area contributed by atoms with E-state index >= 15 is 0 Å². The number of piperidine rings is 1. The second-order valence-corrected chi connectivity index (χ2v) is 5.68. The van der Waals surface area contributed by atoms with Gasteiger partial charge in [-0.1, -0.05) is 6.92 Å². The second-order valence-electron chi connectivity index (χ2n) is 4.36. The molecule has 1 fully saturated rings. The van der Waals surface area contributed by atoms with Crippen LogP contribution in [0.25, 0.3) is 0 Å². The number of thiazole rings is 1. The van der Waals surface area contributed by atoms with Crippen LogP contribution in [0.15, 0.2) is 6.20 Å². The number of amides is 1. The predicted octanol–water partition coefficient (Wildman–Crippen LogP) is 1.55. The number of nitrogens with one attached hydrogen (secondary N) is 1. The van der Waals surface area contributed by atoms with Crippen LogP contribution in [0.5, 0.6) is 0 Å². The number of carbonyl (C=O) groups is 1. The lowest BCUT2D eigenvalue weighted by Crippen LogP contribution is -2.50. The normalized spacial score (nSPS) is 20.9. The van der Waals surface area contributed by atoms with Crippen LogP contribution in [0.2, 0.25) is 0 Å². The van der Waals surface area contributed by atoms with Crippen LogP contribution >= 0.6 is 11.3 Å². The highest BCUT2D eigenvalue weighted by molar-refractivity contribution is 7.11. The van der Waals surface area contributed by atoms with E-state index in [1.165, 1.54) is 4.88 Å². The maximum absolute atomic E-state index is 12.2. The summed E-state index contributed by atoms with van der Waals surface area (Å²) in [5, 5.41) is 4.31. The van der Waals surface area contributed by atoms with Crippen molar-refractivity contribution in [2.24, 2.45) is 0 Å².